The second kappa shape index (κ2) is 9.23. The third-order valence-electron chi connectivity index (χ3n) is 5.91. The van der Waals surface area contributed by atoms with Gasteiger partial charge < -0.3 is 14.7 Å². The molecule has 0 radical (unpaired) electrons. The van der Waals surface area contributed by atoms with Gasteiger partial charge in [0, 0.05) is 31.0 Å². The summed E-state index contributed by atoms with van der Waals surface area (Å²) in [5.74, 6) is -1.26. The second-order valence-corrected chi connectivity index (χ2v) is 8.75. The molecule has 1 atom stereocenters. The molecule has 1 N–H and O–H groups in total. The van der Waals surface area contributed by atoms with Crippen LogP contribution < -0.4 is 14.5 Å². The van der Waals surface area contributed by atoms with Crippen molar-refractivity contribution in [2.75, 3.05) is 31.0 Å². The fourth-order valence-electron chi connectivity index (χ4n) is 4.04. The van der Waals surface area contributed by atoms with E-state index in [1.165, 1.54) is 12.0 Å². The van der Waals surface area contributed by atoms with Gasteiger partial charge in [0.1, 0.15) is 11.5 Å². The third-order valence-corrected chi connectivity index (χ3v) is 6.20. The summed E-state index contributed by atoms with van der Waals surface area (Å²) in [4.78, 5) is 29.9. The zero-order valence-electron chi connectivity index (χ0n) is 19.4. The minimum absolute atomic E-state index is 0.0263. The van der Waals surface area contributed by atoms with Crippen molar-refractivity contribution in [1.29, 1.82) is 0 Å². The lowest BCUT2D eigenvalue weighted by atomic mass is 9.94. The molecule has 1 aliphatic rings. The van der Waals surface area contributed by atoms with Crippen LogP contribution in [0.5, 0.6) is 5.75 Å². The summed E-state index contributed by atoms with van der Waals surface area (Å²) in [6, 6.07) is 18.7. The molecular formula is C27H25ClN2O4. The number of aryl methyl sites for hydroxylation is 1. The van der Waals surface area contributed by atoms with E-state index in [9.17, 15) is 14.7 Å². The van der Waals surface area contributed by atoms with Crippen LogP contribution in [-0.4, -0.2) is 38.0 Å². The van der Waals surface area contributed by atoms with E-state index in [1.807, 2.05) is 62.3 Å². The fourth-order valence-corrected chi connectivity index (χ4v) is 4.29. The smallest absolute Gasteiger partial charge is 0.300 e. The molecular weight excluding hydrogens is 452 g/mol. The highest BCUT2D eigenvalue weighted by Crippen LogP contribution is 2.43. The minimum Gasteiger partial charge on any atom is -0.507 e. The normalized spacial score (nSPS) is 17.2. The van der Waals surface area contributed by atoms with Crippen molar-refractivity contribution in [1.82, 2.24) is 0 Å². The van der Waals surface area contributed by atoms with Gasteiger partial charge in [-0.25, -0.2) is 0 Å². The number of halogens is 1. The van der Waals surface area contributed by atoms with Gasteiger partial charge >= 0.3 is 0 Å². The van der Waals surface area contributed by atoms with Crippen LogP contribution >= 0.6 is 11.6 Å². The van der Waals surface area contributed by atoms with Crippen molar-refractivity contribution in [3.8, 4) is 5.75 Å². The maximum absolute atomic E-state index is 13.3. The standard InChI is InChI=1S/C27H25ClN2O4/c1-16-5-7-18(8-6-16)25(31)23-24(17-9-11-19(12-10-17)29(2)3)30(27(33)26(23)32)20-13-14-22(34-4)21(28)15-20/h5-15,24,31H,1-4H3/b25-23+. The number of Topliss-reactive ketones (excluding diaryl/α,β-unsaturated/α-hetero) is 1. The van der Waals surface area contributed by atoms with Gasteiger partial charge in [0.05, 0.1) is 23.7 Å². The molecule has 0 bridgehead atoms. The maximum Gasteiger partial charge on any atom is 0.300 e. The Morgan fingerprint density at radius 2 is 1.65 bits per heavy atom. The second-order valence-electron chi connectivity index (χ2n) is 8.34. The quantitative estimate of drug-likeness (QED) is 0.305. The first-order valence-electron chi connectivity index (χ1n) is 10.7. The molecule has 4 rings (SSSR count). The van der Waals surface area contributed by atoms with Gasteiger partial charge in [0.2, 0.25) is 0 Å². The summed E-state index contributed by atoms with van der Waals surface area (Å²) in [7, 11) is 5.36. The van der Waals surface area contributed by atoms with Gasteiger partial charge in [0.15, 0.2) is 0 Å². The van der Waals surface area contributed by atoms with Crippen LogP contribution in [-0.2, 0) is 9.59 Å². The summed E-state index contributed by atoms with van der Waals surface area (Å²) in [6.45, 7) is 1.93. The van der Waals surface area contributed by atoms with Crippen LogP contribution in [0.25, 0.3) is 5.76 Å². The largest absolute Gasteiger partial charge is 0.507 e. The zero-order valence-corrected chi connectivity index (χ0v) is 20.1. The monoisotopic (exact) mass is 476 g/mol. The number of ketones is 1. The first kappa shape index (κ1) is 23.4. The minimum atomic E-state index is -0.832. The summed E-state index contributed by atoms with van der Waals surface area (Å²) in [6.07, 6.45) is 0. The first-order chi connectivity index (χ1) is 16.2. The number of rotatable bonds is 5. The summed E-state index contributed by atoms with van der Waals surface area (Å²) in [5.41, 5.74) is 3.58. The highest BCUT2D eigenvalue weighted by atomic mass is 35.5. The molecule has 0 aromatic heterocycles. The highest BCUT2D eigenvalue weighted by Gasteiger charge is 2.47. The topological polar surface area (TPSA) is 70.1 Å². The van der Waals surface area contributed by atoms with Gasteiger partial charge in [0.25, 0.3) is 11.7 Å². The number of ether oxygens (including phenoxy) is 1. The number of carbonyl (C=O) groups is 2. The molecule has 0 spiro atoms. The van der Waals surface area contributed by atoms with Crippen molar-refractivity contribution in [2.24, 2.45) is 0 Å². The molecule has 1 aliphatic heterocycles. The SMILES string of the molecule is COc1ccc(N2C(=O)C(=O)/C(=C(/O)c3ccc(C)cc3)C2c2ccc(N(C)C)cc2)cc1Cl. The number of aliphatic hydroxyl groups excluding tert-OH is 1. The van der Waals surface area contributed by atoms with Gasteiger partial charge in [-0.05, 0) is 42.8 Å². The molecule has 1 fully saturated rings. The van der Waals surface area contributed by atoms with E-state index < -0.39 is 17.7 Å². The van der Waals surface area contributed by atoms with E-state index in [0.29, 0.717) is 27.6 Å². The average Bonchev–Trinajstić information content (AvgIpc) is 3.09. The number of nitrogens with zero attached hydrogens (tertiary/aromatic N) is 2. The van der Waals surface area contributed by atoms with Crippen LogP contribution in [0.2, 0.25) is 5.02 Å². The molecule has 1 unspecified atom stereocenters. The van der Waals surface area contributed by atoms with Crippen LogP contribution in [0.4, 0.5) is 11.4 Å². The van der Waals surface area contributed by atoms with E-state index in [-0.39, 0.29) is 11.3 Å². The molecule has 6 nitrogen and oxygen atoms in total. The molecule has 174 valence electrons. The Morgan fingerprint density at radius 3 is 2.21 bits per heavy atom. The summed E-state index contributed by atoms with van der Waals surface area (Å²) in [5, 5.41) is 11.5. The molecule has 34 heavy (non-hydrogen) atoms. The summed E-state index contributed by atoms with van der Waals surface area (Å²) >= 11 is 6.34. The molecule has 7 heteroatoms. The van der Waals surface area contributed by atoms with E-state index >= 15 is 0 Å². The van der Waals surface area contributed by atoms with Crippen molar-refractivity contribution in [3.05, 3.63) is 94.0 Å². The number of hydrogen-bond acceptors (Lipinski definition) is 5. The number of amides is 1. The third kappa shape index (κ3) is 4.13. The molecule has 1 heterocycles. The van der Waals surface area contributed by atoms with Gasteiger partial charge in [-0.2, -0.15) is 0 Å². The Hall–Kier alpha value is -3.77. The zero-order chi connectivity index (χ0) is 24.6. The molecule has 3 aromatic carbocycles. The molecule has 0 aliphatic carbocycles. The van der Waals surface area contributed by atoms with Crippen LogP contribution in [0, 0.1) is 6.92 Å². The number of benzene rings is 3. The first-order valence-corrected chi connectivity index (χ1v) is 11.1. The Kier molecular flexibility index (Phi) is 6.35. The lowest BCUT2D eigenvalue weighted by Gasteiger charge is -2.26. The Labute approximate surface area is 203 Å². The van der Waals surface area contributed by atoms with Crippen molar-refractivity contribution in [3.63, 3.8) is 0 Å². The lowest BCUT2D eigenvalue weighted by Crippen LogP contribution is -2.29. The van der Waals surface area contributed by atoms with E-state index in [1.54, 1.807) is 30.3 Å². The van der Waals surface area contributed by atoms with Crippen molar-refractivity contribution < 1.29 is 19.4 Å². The number of hydrogen-bond donors (Lipinski definition) is 1. The highest BCUT2D eigenvalue weighted by molar-refractivity contribution is 6.51. The van der Waals surface area contributed by atoms with Crippen LogP contribution in [0.3, 0.4) is 0 Å². The van der Waals surface area contributed by atoms with E-state index in [4.69, 9.17) is 16.3 Å². The predicted octanol–water partition coefficient (Wildman–Crippen LogP) is 5.35. The predicted molar refractivity (Wildman–Crippen MR) is 135 cm³/mol. The molecule has 1 amide bonds. The fraction of sp³-hybridized carbons (Fsp3) is 0.185. The van der Waals surface area contributed by atoms with Gasteiger partial charge in [-0.15, -0.1) is 0 Å². The van der Waals surface area contributed by atoms with Crippen molar-refractivity contribution >= 4 is 40.4 Å². The molecule has 1 saturated heterocycles. The van der Waals surface area contributed by atoms with Crippen LogP contribution in [0.1, 0.15) is 22.7 Å². The van der Waals surface area contributed by atoms with Crippen molar-refractivity contribution in [2.45, 2.75) is 13.0 Å². The van der Waals surface area contributed by atoms with Gasteiger partial charge in [-0.3, -0.25) is 14.5 Å². The Bertz CT molecular complexity index is 1280. The Balaban J connectivity index is 1.92. The molecule has 0 saturated carbocycles. The Morgan fingerprint density at radius 1 is 1.00 bits per heavy atom. The lowest BCUT2D eigenvalue weighted by molar-refractivity contribution is -0.132. The maximum atomic E-state index is 13.3. The molecule has 3 aromatic rings. The van der Waals surface area contributed by atoms with E-state index in [2.05, 4.69) is 0 Å². The number of aliphatic hydroxyl groups is 1. The van der Waals surface area contributed by atoms with Gasteiger partial charge in [-0.1, -0.05) is 53.6 Å². The number of carbonyl (C=O) groups excluding carboxylic acids is 2. The number of anilines is 2. The summed E-state index contributed by atoms with van der Waals surface area (Å²) < 4.78 is 5.23. The number of methoxy groups -OCH3 is 1. The average molecular weight is 477 g/mol. The van der Waals surface area contributed by atoms with Crippen LogP contribution in [0.15, 0.2) is 72.3 Å². The van der Waals surface area contributed by atoms with E-state index in [0.717, 1.165) is 11.3 Å².